The van der Waals surface area contributed by atoms with E-state index in [1.54, 1.807) is 6.20 Å². The molecular formula is C25H36N4O3. The van der Waals surface area contributed by atoms with Gasteiger partial charge in [-0.1, -0.05) is 39.3 Å². The molecule has 3 atom stereocenters. The first-order valence-electron chi connectivity index (χ1n) is 11.5. The molecule has 2 heterocycles. The summed E-state index contributed by atoms with van der Waals surface area (Å²) in [6.07, 6.45) is 6.18. The lowest BCUT2D eigenvalue weighted by Crippen LogP contribution is -2.38. The molecule has 2 aromatic heterocycles. The molecule has 174 valence electrons. The van der Waals surface area contributed by atoms with Gasteiger partial charge in [0.15, 0.2) is 5.65 Å². The zero-order chi connectivity index (χ0) is 23.5. The largest absolute Gasteiger partial charge is 0.481 e. The van der Waals surface area contributed by atoms with Gasteiger partial charge in [-0.3, -0.25) is 9.59 Å². The van der Waals surface area contributed by atoms with Gasteiger partial charge in [-0.15, -0.1) is 0 Å². The minimum absolute atomic E-state index is 0.0174. The number of carboxylic acid groups (broad SMARTS) is 1. The van der Waals surface area contributed by atoms with Crippen LogP contribution in [-0.4, -0.2) is 38.5 Å². The molecule has 2 aromatic rings. The highest BCUT2D eigenvalue weighted by atomic mass is 16.4. The maximum absolute atomic E-state index is 12.5. The number of carbonyl (C=O) groups is 2. The first kappa shape index (κ1) is 24.0. The fourth-order valence-corrected chi connectivity index (χ4v) is 4.93. The van der Waals surface area contributed by atoms with Gasteiger partial charge in [-0.05, 0) is 54.6 Å². The summed E-state index contributed by atoms with van der Waals surface area (Å²) in [4.78, 5) is 35.9. The van der Waals surface area contributed by atoms with Crippen LogP contribution in [0.4, 0.5) is 0 Å². The molecule has 3 rings (SSSR count). The Balaban J connectivity index is 1.64. The van der Waals surface area contributed by atoms with Crippen molar-refractivity contribution >= 4 is 23.0 Å². The van der Waals surface area contributed by atoms with Crippen molar-refractivity contribution in [2.75, 3.05) is 6.54 Å². The van der Waals surface area contributed by atoms with E-state index < -0.39 is 11.4 Å². The number of aromatic nitrogens is 3. The number of allylic oxidation sites excluding steroid dienone is 1. The van der Waals surface area contributed by atoms with E-state index in [9.17, 15) is 9.59 Å². The summed E-state index contributed by atoms with van der Waals surface area (Å²) in [7, 11) is 0. The molecule has 0 aliphatic heterocycles. The molecule has 3 N–H and O–H groups in total. The van der Waals surface area contributed by atoms with Gasteiger partial charge in [0, 0.05) is 25.6 Å². The third kappa shape index (κ3) is 6.17. The van der Waals surface area contributed by atoms with E-state index in [2.05, 4.69) is 47.1 Å². The number of H-pyrrole nitrogens is 1. The van der Waals surface area contributed by atoms with Crippen molar-refractivity contribution in [2.45, 2.75) is 60.3 Å². The Bertz CT molecular complexity index is 959. The Labute approximate surface area is 190 Å². The number of nitrogens with zero attached hydrogens (tertiary/aromatic N) is 2. The normalized spacial score (nSPS) is 21.6. The number of aromatic amines is 1. The smallest absolute Gasteiger partial charge is 0.303 e. The predicted octanol–water partition coefficient (Wildman–Crippen LogP) is 4.36. The quantitative estimate of drug-likeness (QED) is 0.502. The number of amides is 1. The monoisotopic (exact) mass is 440 g/mol. The molecule has 0 radical (unpaired) electrons. The predicted molar refractivity (Wildman–Crippen MR) is 125 cm³/mol. The van der Waals surface area contributed by atoms with Crippen LogP contribution in [0.25, 0.3) is 11.2 Å². The van der Waals surface area contributed by atoms with Gasteiger partial charge in [0.25, 0.3) is 0 Å². The van der Waals surface area contributed by atoms with Gasteiger partial charge < -0.3 is 15.4 Å². The lowest BCUT2D eigenvalue weighted by Gasteiger charge is -2.37. The van der Waals surface area contributed by atoms with Crippen molar-refractivity contribution in [3.8, 4) is 0 Å². The molecule has 7 heteroatoms. The van der Waals surface area contributed by atoms with Crippen molar-refractivity contribution in [1.82, 2.24) is 20.3 Å². The Hall–Kier alpha value is -2.70. The molecule has 32 heavy (non-hydrogen) atoms. The van der Waals surface area contributed by atoms with Crippen LogP contribution in [-0.2, 0) is 16.0 Å². The summed E-state index contributed by atoms with van der Waals surface area (Å²) < 4.78 is 0. The van der Waals surface area contributed by atoms with Crippen molar-refractivity contribution in [1.29, 1.82) is 0 Å². The van der Waals surface area contributed by atoms with Crippen LogP contribution in [0.1, 0.15) is 59.7 Å². The van der Waals surface area contributed by atoms with Crippen molar-refractivity contribution in [2.24, 2.45) is 29.1 Å². The average Bonchev–Trinajstić information content (AvgIpc) is 3.08. The second-order valence-corrected chi connectivity index (χ2v) is 10.4. The Morgan fingerprint density at radius 1 is 1.31 bits per heavy atom. The van der Waals surface area contributed by atoms with Crippen LogP contribution in [0.15, 0.2) is 30.0 Å². The summed E-state index contributed by atoms with van der Waals surface area (Å²) >= 11 is 0. The fourth-order valence-electron chi connectivity index (χ4n) is 4.93. The number of carbonyl (C=O) groups excluding carboxylic acids is 1. The van der Waals surface area contributed by atoms with E-state index in [4.69, 9.17) is 5.11 Å². The van der Waals surface area contributed by atoms with Crippen LogP contribution < -0.4 is 5.32 Å². The molecule has 0 aromatic carbocycles. The van der Waals surface area contributed by atoms with E-state index in [-0.39, 0.29) is 24.7 Å². The number of carboxylic acids is 1. The lowest BCUT2D eigenvalue weighted by molar-refractivity contribution is -0.139. The molecular weight excluding hydrogens is 404 g/mol. The number of pyridine rings is 1. The van der Waals surface area contributed by atoms with Crippen LogP contribution in [0, 0.1) is 29.1 Å². The Kier molecular flexibility index (Phi) is 7.36. The first-order chi connectivity index (χ1) is 15.0. The highest BCUT2D eigenvalue weighted by Gasteiger charge is 2.33. The third-order valence-electron chi connectivity index (χ3n) is 6.63. The van der Waals surface area contributed by atoms with E-state index >= 15 is 0 Å². The van der Waals surface area contributed by atoms with Crippen LogP contribution in [0.5, 0.6) is 0 Å². The number of hydrogen-bond acceptors (Lipinski definition) is 4. The molecule has 0 bridgehead atoms. The lowest BCUT2D eigenvalue weighted by atomic mass is 9.69. The number of imidazole rings is 1. The minimum Gasteiger partial charge on any atom is -0.481 e. The number of nitrogens with one attached hydrogen (secondary N) is 2. The second-order valence-electron chi connectivity index (χ2n) is 10.4. The molecule has 1 amide bonds. The molecule has 0 unspecified atom stereocenters. The van der Waals surface area contributed by atoms with E-state index in [0.29, 0.717) is 24.3 Å². The van der Waals surface area contributed by atoms with Crippen LogP contribution >= 0.6 is 0 Å². The first-order valence-corrected chi connectivity index (χ1v) is 11.5. The third-order valence-corrected chi connectivity index (χ3v) is 6.63. The topological polar surface area (TPSA) is 108 Å². The standard InChI is InChI=1S/C25H36N4O3/c1-15(2)19-10-17(11-21-28-20-7-6-8-26-24(20)29-21)16(3)9-18(19)14-27-22(30)12-25(4,5)13-23(31)32/h6-9,15,17-19H,10-14H2,1-5H3,(H,27,30)(H,31,32)(H,26,28,29)/t17-,18-,19-/m0/s1. The SMILES string of the molecule is CC1=C[C@@H](CNC(=O)CC(C)(C)CC(=O)O)[C@H](C(C)C)C[C@H]1Cc1nc2ncccc2[nH]1. The summed E-state index contributed by atoms with van der Waals surface area (Å²) in [6, 6.07) is 3.91. The zero-order valence-electron chi connectivity index (χ0n) is 19.8. The molecule has 7 nitrogen and oxygen atoms in total. The number of rotatable bonds is 9. The van der Waals surface area contributed by atoms with Gasteiger partial charge in [-0.2, -0.15) is 0 Å². The fraction of sp³-hybridized carbons (Fsp3) is 0.600. The number of aliphatic carboxylic acids is 1. The second kappa shape index (κ2) is 9.84. The van der Waals surface area contributed by atoms with Crippen LogP contribution in [0.2, 0.25) is 0 Å². The average molecular weight is 441 g/mol. The molecule has 0 fully saturated rings. The van der Waals surface area contributed by atoms with Gasteiger partial charge in [0.1, 0.15) is 5.82 Å². The van der Waals surface area contributed by atoms with E-state index in [1.165, 1.54) is 5.57 Å². The zero-order valence-corrected chi connectivity index (χ0v) is 19.8. The number of hydrogen-bond donors (Lipinski definition) is 3. The van der Waals surface area contributed by atoms with Crippen LogP contribution in [0.3, 0.4) is 0 Å². The minimum atomic E-state index is -0.875. The maximum Gasteiger partial charge on any atom is 0.303 e. The summed E-state index contributed by atoms with van der Waals surface area (Å²) in [5.41, 5.74) is 2.50. The van der Waals surface area contributed by atoms with Gasteiger partial charge in [-0.25, -0.2) is 9.97 Å². The van der Waals surface area contributed by atoms with Crippen molar-refractivity contribution < 1.29 is 14.7 Å². The molecule has 0 spiro atoms. The van der Waals surface area contributed by atoms with Crippen molar-refractivity contribution in [3.05, 3.63) is 35.8 Å². The van der Waals surface area contributed by atoms with Gasteiger partial charge in [0.05, 0.1) is 11.9 Å². The molecule has 0 saturated heterocycles. The molecule has 1 aliphatic carbocycles. The highest BCUT2D eigenvalue weighted by Crippen LogP contribution is 2.38. The summed E-state index contributed by atoms with van der Waals surface area (Å²) in [5.74, 6) is 1.63. The summed E-state index contributed by atoms with van der Waals surface area (Å²) in [5, 5.41) is 12.1. The summed E-state index contributed by atoms with van der Waals surface area (Å²) in [6.45, 7) is 10.9. The maximum atomic E-state index is 12.5. The Morgan fingerprint density at radius 2 is 2.06 bits per heavy atom. The highest BCUT2D eigenvalue weighted by molar-refractivity contribution is 5.78. The van der Waals surface area contributed by atoms with E-state index in [0.717, 1.165) is 29.8 Å². The molecule has 0 saturated carbocycles. The van der Waals surface area contributed by atoms with Gasteiger partial charge in [0.2, 0.25) is 5.91 Å². The van der Waals surface area contributed by atoms with Crippen molar-refractivity contribution in [3.63, 3.8) is 0 Å². The Morgan fingerprint density at radius 3 is 2.72 bits per heavy atom. The molecule has 1 aliphatic rings. The van der Waals surface area contributed by atoms with E-state index in [1.807, 2.05) is 26.0 Å². The van der Waals surface area contributed by atoms with Gasteiger partial charge >= 0.3 is 5.97 Å². The number of fused-ring (bicyclic) bond motifs is 1.